The van der Waals surface area contributed by atoms with Gasteiger partial charge in [-0.3, -0.25) is 4.79 Å². The molecule has 0 atom stereocenters. The number of anilines is 1. The molecule has 1 aromatic heterocycles. The quantitative estimate of drug-likeness (QED) is 0.429. The summed E-state index contributed by atoms with van der Waals surface area (Å²) in [7, 11) is 0. The van der Waals surface area contributed by atoms with Crippen LogP contribution in [0.5, 0.6) is 0 Å². The lowest BCUT2D eigenvalue weighted by Gasteiger charge is -2.10. The number of amides is 1. The van der Waals surface area contributed by atoms with Crippen molar-refractivity contribution in [2.75, 3.05) is 17.7 Å². The van der Waals surface area contributed by atoms with Gasteiger partial charge >= 0.3 is 11.7 Å². The molecule has 2 aromatic rings. The monoisotopic (exact) mass is 389 g/mol. The van der Waals surface area contributed by atoms with Gasteiger partial charge in [0, 0.05) is 11.4 Å². The fourth-order valence-electron chi connectivity index (χ4n) is 2.39. The maximum absolute atomic E-state index is 12.2. The Hall–Kier alpha value is -2.61. The second-order valence-electron chi connectivity index (χ2n) is 6.18. The molecule has 8 heteroatoms. The number of nitrogens with zero attached hydrogens (tertiary/aromatic N) is 1. The molecular formula is C19H23N3O4S. The number of carbonyl (C=O) groups excluding carboxylic acids is 2. The van der Waals surface area contributed by atoms with E-state index in [9.17, 15) is 14.4 Å². The van der Waals surface area contributed by atoms with Crippen LogP contribution in [0.15, 0.2) is 34.1 Å². The zero-order valence-corrected chi connectivity index (χ0v) is 16.6. The summed E-state index contributed by atoms with van der Waals surface area (Å²) in [5, 5.41) is 2.97. The maximum atomic E-state index is 12.2. The molecule has 2 rings (SSSR count). The molecule has 0 bridgehead atoms. The molecule has 0 saturated carbocycles. The van der Waals surface area contributed by atoms with Crippen molar-refractivity contribution in [3.63, 3.8) is 0 Å². The maximum Gasteiger partial charge on any atom is 0.346 e. The van der Waals surface area contributed by atoms with Gasteiger partial charge in [0.25, 0.3) is 0 Å². The van der Waals surface area contributed by atoms with E-state index in [1.165, 1.54) is 5.56 Å². The van der Waals surface area contributed by atoms with Gasteiger partial charge in [0.2, 0.25) is 5.91 Å². The van der Waals surface area contributed by atoms with Gasteiger partial charge in [-0.1, -0.05) is 37.7 Å². The molecule has 7 nitrogen and oxygen atoms in total. The third kappa shape index (κ3) is 5.68. The number of aromatic nitrogens is 2. The van der Waals surface area contributed by atoms with E-state index >= 15 is 0 Å². The second kappa shape index (κ2) is 9.36. The third-order valence-electron chi connectivity index (χ3n) is 3.77. The van der Waals surface area contributed by atoms with Gasteiger partial charge in [-0.05, 0) is 37.5 Å². The molecule has 1 aromatic carbocycles. The summed E-state index contributed by atoms with van der Waals surface area (Å²) in [4.78, 5) is 42.3. The van der Waals surface area contributed by atoms with Crippen LogP contribution in [0.3, 0.4) is 0 Å². The van der Waals surface area contributed by atoms with Crippen molar-refractivity contribution >= 4 is 29.3 Å². The normalized spacial score (nSPS) is 10.7. The second-order valence-corrected chi connectivity index (χ2v) is 7.15. The number of nitrogens with one attached hydrogen (secondary N) is 2. The van der Waals surface area contributed by atoms with Crippen LogP contribution in [-0.2, 0) is 9.53 Å². The van der Waals surface area contributed by atoms with E-state index in [-0.39, 0.29) is 28.9 Å². The molecule has 1 heterocycles. The van der Waals surface area contributed by atoms with E-state index in [1.54, 1.807) is 13.8 Å². The molecule has 144 valence electrons. The minimum atomic E-state index is -0.578. The zero-order valence-electron chi connectivity index (χ0n) is 15.8. The lowest BCUT2D eigenvalue weighted by molar-refractivity contribution is -0.113. The first kappa shape index (κ1) is 20.7. The van der Waals surface area contributed by atoms with E-state index in [0.717, 1.165) is 11.8 Å². The van der Waals surface area contributed by atoms with Crippen LogP contribution in [0.25, 0.3) is 0 Å². The highest BCUT2D eigenvalue weighted by atomic mass is 32.2. The first-order valence-corrected chi connectivity index (χ1v) is 9.61. The highest BCUT2D eigenvalue weighted by molar-refractivity contribution is 8.00. The Bertz CT molecular complexity index is 876. The number of H-pyrrole nitrogens is 1. The topological polar surface area (TPSA) is 101 Å². The third-order valence-corrected chi connectivity index (χ3v) is 4.74. The number of benzene rings is 1. The van der Waals surface area contributed by atoms with Gasteiger partial charge < -0.3 is 15.0 Å². The van der Waals surface area contributed by atoms with Crippen LogP contribution in [0.2, 0.25) is 0 Å². The molecule has 27 heavy (non-hydrogen) atoms. The highest BCUT2D eigenvalue weighted by Gasteiger charge is 2.20. The van der Waals surface area contributed by atoms with E-state index in [1.807, 2.05) is 24.3 Å². The summed E-state index contributed by atoms with van der Waals surface area (Å²) < 4.78 is 5.01. The molecule has 0 fully saturated rings. The van der Waals surface area contributed by atoms with Gasteiger partial charge in [-0.15, -0.1) is 0 Å². The SMILES string of the molecule is CCOC(=O)c1c(SCC(=O)Nc2ccc(C(C)C)cc2)nc(=O)[nH]c1C. The molecule has 1 amide bonds. The Morgan fingerprint density at radius 1 is 1.26 bits per heavy atom. The predicted molar refractivity (Wildman–Crippen MR) is 105 cm³/mol. The average Bonchev–Trinajstić information content (AvgIpc) is 2.60. The fraction of sp³-hybridized carbons (Fsp3) is 0.368. The zero-order chi connectivity index (χ0) is 20.0. The van der Waals surface area contributed by atoms with Crippen molar-refractivity contribution in [2.24, 2.45) is 0 Å². The summed E-state index contributed by atoms with van der Waals surface area (Å²) >= 11 is 1.02. The first-order valence-electron chi connectivity index (χ1n) is 8.62. The highest BCUT2D eigenvalue weighted by Crippen LogP contribution is 2.22. The van der Waals surface area contributed by atoms with Gasteiger partial charge in [0.1, 0.15) is 10.6 Å². The smallest absolute Gasteiger partial charge is 0.346 e. The van der Waals surface area contributed by atoms with E-state index in [2.05, 4.69) is 29.1 Å². The Labute approximate surface area is 161 Å². The number of aryl methyl sites for hydroxylation is 1. The van der Waals surface area contributed by atoms with Crippen LogP contribution in [-0.4, -0.2) is 34.2 Å². The molecule has 0 radical (unpaired) electrons. The summed E-state index contributed by atoms with van der Waals surface area (Å²) in [5.74, 6) is -0.413. The number of hydrogen-bond donors (Lipinski definition) is 2. The van der Waals surface area contributed by atoms with Crippen LogP contribution < -0.4 is 11.0 Å². The van der Waals surface area contributed by atoms with Crippen molar-refractivity contribution in [1.29, 1.82) is 0 Å². The number of thioether (sulfide) groups is 1. The summed E-state index contributed by atoms with van der Waals surface area (Å²) in [6, 6.07) is 7.62. The predicted octanol–water partition coefficient (Wildman–Crippen LogP) is 3.11. The number of aromatic amines is 1. The summed E-state index contributed by atoms with van der Waals surface area (Å²) in [5.41, 5.74) is 1.83. The fourth-order valence-corrected chi connectivity index (χ4v) is 3.26. The van der Waals surface area contributed by atoms with Gasteiger partial charge in [-0.25, -0.2) is 9.59 Å². The molecule has 0 spiro atoms. The summed E-state index contributed by atoms with van der Waals surface area (Å²) in [6.07, 6.45) is 0. The van der Waals surface area contributed by atoms with E-state index in [0.29, 0.717) is 17.3 Å². The number of carbonyl (C=O) groups is 2. The van der Waals surface area contributed by atoms with Crippen molar-refractivity contribution in [3.8, 4) is 0 Å². The largest absolute Gasteiger partial charge is 0.462 e. The van der Waals surface area contributed by atoms with E-state index < -0.39 is 11.7 Å². The number of esters is 1. The molecule has 0 aliphatic heterocycles. The molecule has 0 aliphatic rings. The molecule has 0 saturated heterocycles. The minimum absolute atomic E-state index is 0.00816. The Morgan fingerprint density at radius 3 is 2.52 bits per heavy atom. The standard InChI is InChI=1S/C19H23N3O4S/c1-5-26-18(24)16-12(4)20-19(25)22-17(16)27-10-15(23)21-14-8-6-13(7-9-14)11(2)3/h6-9,11H,5,10H2,1-4H3,(H,21,23)(H,20,22,25). The number of ether oxygens (including phenoxy) is 1. The van der Waals surface area contributed by atoms with Crippen LogP contribution in [0.4, 0.5) is 5.69 Å². The summed E-state index contributed by atoms with van der Waals surface area (Å²) in [6.45, 7) is 7.69. The Morgan fingerprint density at radius 2 is 1.93 bits per heavy atom. The van der Waals surface area contributed by atoms with Crippen molar-refractivity contribution in [2.45, 2.75) is 38.6 Å². The van der Waals surface area contributed by atoms with Crippen molar-refractivity contribution in [3.05, 3.63) is 51.6 Å². The molecular weight excluding hydrogens is 366 g/mol. The Balaban J connectivity index is 2.08. The average molecular weight is 389 g/mol. The van der Waals surface area contributed by atoms with E-state index in [4.69, 9.17) is 4.74 Å². The van der Waals surface area contributed by atoms with Gasteiger partial charge in [-0.2, -0.15) is 4.98 Å². The van der Waals surface area contributed by atoms with Crippen LogP contribution in [0, 0.1) is 6.92 Å². The van der Waals surface area contributed by atoms with Crippen molar-refractivity contribution < 1.29 is 14.3 Å². The van der Waals surface area contributed by atoms with Crippen LogP contribution in [0.1, 0.15) is 48.3 Å². The lowest BCUT2D eigenvalue weighted by Crippen LogP contribution is -2.21. The lowest BCUT2D eigenvalue weighted by atomic mass is 10.0. The van der Waals surface area contributed by atoms with Crippen LogP contribution >= 0.6 is 11.8 Å². The molecule has 0 aliphatic carbocycles. The van der Waals surface area contributed by atoms with Gasteiger partial charge in [0.05, 0.1) is 12.4 Å². The number of rotatable bonds is 7. The number of hydrogen-bond acceptors (Lipinski definition) is 6. The van der Waals surface area contributed by atoms with Crippen molar-refractivity contribution in [1.82, 2.24) is 9.97 Å². The molecule has 2 N–H and O–H groups in total. The van der Waals surface area contributed by atoms with Gasteiger partial charge in [0.15, 0.2) is 0 Å². The molecule has 0 unspecified atom stereocenters. The minimum Gasteiger partial charge on any atom is -0.462 e. The first-order chi connectivity index (χ1) is 12.8. The Kier molecular flexibility index (Phi) is 7.18.